The number of carboxylic acids is 1. The molecule has 6 saturated heterocycles. The van der Waals surface area contributed by atoms with Crippen LogP contribution in [0.3, 0.4) is 0 Å². The second-order valence-electron chi connectivity index (χ2n) is 23.3. The van der Waals surface area contributed by atoms with Crippen LogP contribution in [0.5, 0.6) is 0 Å². The Labute approximate surface area is 574 Å². The molecule has 6 fully saturated rings. The molecule has 600 valence electrons. The molecular weight excluding hydrogens is 1500 g/mol. The smallest absolute Gasteiger partial charge is 0.477 e. The average molecular weight is 1590 g/mol. The van der Waals surface area contributed by atoms with E-state index in [2.05, 4.69) is 8.83 Å². The molecule has 4 unspecified atom stereocenters. The van der Waals surface area contributed by atoms with Crippen molar-refractivity contribution >= 4 is 37.3 Å². The zero-order valence-electron chi connectivity index (χ0n) is 52.8. The number of phosphoric acid groups is 4. The average Bonchev–Trinajstić information content (AvgIpc) is 0.754. The molecule has 0 saturated carbocycles. The van der Waals surface area contributed by atoms with E-state index >= 15 is 0 Å². The Bertz CT molecular complexity index is 2790. The largest absolute Gasteiger partial charge is 0.481 e. The maximum atomic E-state index is 13.6. The number of aliphatic carboxylic acids is 1. The van der Waals surface area contributed by atoms with Crippen molar-refractivity contribution in [1.29, 1.82) is 0 Å². The molecule has 55 heteroatoms. The highest BCUT2D eigenvalue weighted by molar-refractivity contribution is 7.61. The summed E-state index contributed by atoms with van der Waals surface area (Å²) >= 11 is 0. The molecule has 37 atom stereocenters. The standard InChI is InChI=1S/C47H89N3O48P4/c48-1-4-81-99(73,74)96-20(13-56)35-23(62)24(63)39(92-43-29(68)37(97-100(75,76)82-5-2-49)28(67)31(86-43)14(57)8-51)45(89-35)91-38-30(69)44(90-36-17(95-102(79,80)98-101(77,78)83-6-3-50)7-47(72,46(70)71)94-33(36)16(59)10-53)87-32(15(58)9-52)40(38)93-42-27(66)25(64)34(19(12-55)85-42)88-41-26(65)22(61)21(60)18(11-54)84-41/h14-45,51-69,72H,1-13,48-50H2,(H,70,71)(H,73,74)(H,75,76)(H,77,78)(H,79,80)/t14-,15-,16+,17+,18+,19+,20-,21-,22-,23-,24-,25+,26+,27+,28+,29-,30-,31+,32+,33+,34+,35+,36+,37-,38+,39-,40+,41-,42-,43+,44+,45+,47+/m0/s1. The second-order valence-corrected chi connectivity index (χ2v) is 29.1. The van der Waals surface area contributed by atoms with Crippen LogP contribution < -0.4 is 17.2 Å². The van der Waals surface area contributed by atoms with Gasteiger partial charge in [-0.25, -0.2) is 23.1 Å². The molecule has 6 aliphatic rings. The van der Waals surface area contributed by atoms with Gasteiger partial charge in [0.05, 0.1) is 59.5 Å². The normalized spacial score (nSPS) is 43.0. The maximum Gasteiger partial charge on any atom is 0.481 e. The second kappa shape index (κ2) is 38.5. The molecule has 102 heavy (non-hydrogen) atoms. The zero-order chi connectivity index (χ0) is 76.5. The van der Waals surface area contributed by atoms with Crippen molar-refractivity contribution in [3.05, 3.63) is 0 Å². The molecule has 31 N–H and O–H groups in total. The lowest BCUT2D eigenvalue weighted by molar-refractivity contribution is -0.416. The molecule has 6 aliphatic heterocycles. The van der Waals surface area contributed by atoms with E-state index in [-0.39, 0.29) is 0 Å². The van der Waals surface area contributed by atoms with Gasteiger partial charge >= 0.3 is 37.3 Å². The fourth-order valence-corrected chi connectivity index (χ4v) is 15.2. The molecule has 0 amide bonds. The monoisotopic (exact) mass is 1590 g/mol. The Morgan fingerprint density at radius 3 is 1.41 bits per heavy atom. The van der Waals surface area contributed by atoms with E-state index in [0.717, 1.165) is 0 Å². The molecule has 0 aromatic heterocycles. The molecule has 0 aliphatic carbocycles. The van der Waals surface area contributed by atoms with Crippen LogP contribution in [0.1, 0.15) is 6.42 Å². The number of aliphatic hydroxyl groups is 20. The van der Waals surface area contributed by atoms with Crippen LogP contribution in [0, 0.1) is 0 Å². The summed E-state index contributed by atoms with van der Waals surface area (Å²) < 4.78 is 149. The quantitative estimate of drug-likeness (QED) is 0.0255. The summed E-state index contributed by atoms with van der Waals surface area (Å²) in [5.74, 6) is -6.13. The number of nitrogens with two attached hydrogens (primary N) is 3. The van der Waals surface area contributed by atoms with Crippen molar-refractivity contribution in [2.45, 2.75) is 208 Å². The van der Waals surface area contributed by atoms with Gasteiger partial charge in [0.2, 0.25) is 0 Å². The van der Waals surface area contributed by atoms with Gasteiger partial charge in [0.1, 0.15) is 165 Å². The van der Waals surface area contributed by atoms with Crippen molar-refractivity contribution in [3.63, 3.8) is 0 Å². The molecule has 0 spiro atoms. The van der Waals surface area contributed by atoms with Crippen LogP contribution in [0.15, 0.2) is 0 Å². The van der Waals surface area contributed by atoms with E-state index in [1.54, 1.807) is 0 Å². The van der Waals surface area contributed by atoms with Gasteiger partial charge in [0, 0.05) is 26.1 Å². The molecule has 6 heterocycles. The van der Waals surface area contributed by atoms with E-state index in [1.165, 1.54) is 0 Å². The predicted molar refractivity (Wildman–Crippen MR) is 310 cm³/mol. The van der Waals surface area contributed by atoms with Crippen molar-refractivity contribution in [2.24, 2.45) is 17.2 Å². The summed E-state index contributed by atoms with van der Waals surface area (Å²) in [6.45, 7) is -12.2. The van der Waals surface area contributed by atoms with Crippen molar-refractivity contribution < 1.29 is 233 Å². The number of rotatable bonds is 38. The van der Waals surface area contributed by atoms with Gasteiger partial charge in [-0.05, 0) is 0 Å². The Morgan fingerprint density at radius 2 is 0.873 bits per heavy atom. The maximum absolute atomic E-state index is 13.6. The van der Waals surface area contributed by atoms with Crippen LogP contribution in [0.4, 0.5) is 0 Å². The van der Waals surface area contributed by atoms with Crippen LogP contribution in [0.2, 0.25) is 0 Å². The first-order valence-corrected chi connectivity index (χ1v) is 36.5. The third-order valence-corrected chi connectivity index (χ3v) is 20.8. The van der Waals surface area contributed by atoms with Crippen LogP contribution in [-0.4, -0.2) is 414 Å². The van der Waals surface area contributed by atoms with E-state index in [0.29, 0.717) is 0 Å². The van der Waals surface area contributed by atoms with Gasteiger partial charge in [-0.1, -0.05) is 0 Å². The van der Waals surface area contributed by atoms with Crippen molar-refractivity contribution in [1.82, 2.24) is 0 Å². The lowest BCUT2D eigenvalue weighted by Crippen LogP contribution is -2.71. The highest BCUT2D eigenvalue weighted by atomic mass is 31.3. The third-order valence-electron chi connectivity index (χ3n) is 16.0. The minimum atomic E-state index is -6.32. The summed E-state index contributed by atoms with van der Waals surface area (Å²) in [5, 5.41) is 232. The number of hydrogen-bond acceptors (Lipinski definition) is 46. The fraction of sp³-hybridized carbons (Fsp3) is 0.979. The minimum Gasteiger partial charge on any atom is -0.477 e. The molecule has 6 rings (SSSR count). The van der Waals surface area contributed by atoms with E-state index in [9.17, 15) is 150 Å². The summed E-state index contributed by atoms with van der Waals surface area (Å²) in [6, 6.07) is 0. The minimum absolute atomic E-state index is 0.448. The first-order chi connectivity index (χ1) is 47.7. The molecule has 0 bridgehead atoms. The number of ether oxygens (including phenoxy) is 11. The molecule has 0 radical (unpaired) electrons. The van der Waals surface area contributed by atoms with Crippen molar-refractivity contribution in [2.75, 3.05) is 79.1 Å². The number of aliphatic hydroxyl groups excluding tert-OH is 19. The van der Waals surface area contributed by atoms with Crippen LogP contribution >= 0.6 is 31.3 Å². The molecular formula is C47H89N3O48P4. The first-order valence-electron chi connectivity index (χ1n) is 30.5. The summed E-state index contributed by atoms with van der Waals surface area (Å²) in [5.41, 5.74) is 16.0. The van der Waals surface area contributed by atoms with Crippen LogP contribution in [0.25, 0.3) is 0 Å². The van der Waals surface area contributed by atoms with Crippen LogP contribution in [-0.2, 0) is 107 Å². The Morgan fingerprint density at radius 1 is 0.431 bits per heavy atom. The summed E-state index contributed by atoms with van der Waals surface area (Å²) in [7, 11) is -23.1. The van der Waals surface area contributed by atoms with E-state index in [1.807, 2.05) is 0 Å². The molecule has 0 aromatic rings. The predicted octanol–water partition coefficient (Wildman–Crippen LogP) is -15.8. The van der Waals surface area contributed by atoms with Gasteiger partial charge in [-0.15, -0.1) is 0 Å². The first kappa shape index (κ1) is 89.5. The number of phosphoric ester groups is 4. The topological polar surface area (TPSA) is 835 Å². The highest BCUT2D eigenvalue weighted by Crippen LogP contribution is 2.62. The lowest BCUT2D eigenvalue weighted by atomic mass is 9.91. The van der Waals surface area contributed by atoms with Gasteiger partial charge in [0.15, 0.2) is 31.5 Å². The van der Waals surface area contributed by atoms with Gasteiger partial charge < -0.3 is 196 Å². The van der Waals surface area contributed by atoms with Gasteiger partial charge in [-0.2, -0.15) is 4.31 Å². The summed E-state index contributed by atoms with van der Waals surface area (Å²) in [4.78, 5) is 55.0. The lowest BCUT2D eigenvalue weighted by Gasteiger charge is -2.52. The molecule has 51 nitrogen and oxygen atoms in total. The third kappa shape index (κ3) is 22.0. The van der Waals surface area contributed by atoms with E-state index < -0.39 is 325 Å². The number of carbonyl (C=O) groups is 1. The Hall–Kier alpha value is -1.41. The zero-order valence-corrected chi connectivity index (χ0v) is 56.3. The van der Waals surface area contributed by atoms with E-state index in [4.69, 9.17) is 91.9 Å². The SMILES string of the molecule is NCCOP(=O)(O)O[C@@H]1[C@H](O)[C@@H](O[C@@H]2[C@@H](O[C@@H]3[C@H](O)[C@@H](O[C@H]4[C@@H]([C@H](O)CO)O[C@@](O)(C(=O)O)C[C@H]4OP(=O)(O)OP(=O)(O)OCCN)O[C@H]([C@@H](O)CO)[C@H]3O[C@@H]3O[C@H](CO)[C@@H](O[C@@H]4O[C@H](CO)[C@H](O)[C@H](O)[C@H]4O)[C@H](O)[C@H]3O)O[C@H]([C@H](CO)OP(=O)(O)OCCN)[C@@H](O)[C@@H]2O)O[C@H]([C@@H](O)CO)[C@H]1O. The van der Waals surface area contributed by atoms with Crippen molar-refractivity contribution in [3.8, 4) is 0 Å². The number of hydrogen-bond donors (Lipinski definition) is 28. The Kier molecular flexibility index (Phi) is 33.8. The summed E-state index contributed by atoms with van der Waals surface area (Å²) in [6.07, 6.45) is -83.1. The number of carboxylic acid groups (broad SMARTS) is 1. The Balaban J connectivity index is 1.56. The van der Waals surface area contributed by atoms with Gasteiger partial charge in [-0.3, -0.25) is 27.1 Å². The highest BCUT2D eigenvalue weighted by Gasteiger charge is 2.63. The fourth-order valence-electron chi connectivity index (χ4n) is 11.1. The van der Waals surface area contributed by atoms with Gasteiger partial charge in [0.25, 0.3) is 5.79 Å². The molecule has 0 aromatic carbocycles.